The van der Waals surface area contributed by atoms with E-state index in [0.29, 0.717) is 16.9 Å². The largest absolute Gasteiger partial charge is 0.366 e. The van der Waals surface area contributed by atoms with Gasteiger partial charge in [0.05, 0.1) is 11.9 Å². The van der Waals surface area contributed by atoms with Gasteiger partial charge in [-0.2, -0.15) is 0 Å². The third kappa shape index (κ3) is 5.07. The summed E-state index contributed by atoms with van der Waals surface area (Å²) in [7, 11) is -3.69. The fourth-order valence-electron chi connectivity index (χ4n) is 2.70. The number of aryl methyl sites for hydroxylation is 1. The zero-order valence-electron chi connectivity index (χ0n) is 15.5. The van der Waals surface area contributed by atoms with E-state index in [-0.39, 0.29) is 6.42 Å². The molecule has 27 heavy (non-hydrogen) atoms. The van der Waals surface area contributed by atoms with Gasteiger partial charge in [0, 0.05) is 11.3 Å². The van der Waals surface area contributed by atoms with Crippen molar-refractivity contribution in [2.24, 2.45) is 5.73 Å². The van der Waals surface area contributed by atoms with Crippen LogP contribution in [0.1, 0.15) is 29.3 Å². The number of benzene rings is 2. The Morgan fingerprint density at radius 3 is 2.07 bits per heavy atom. The van der Waals surface area contributed by atoms with Crippen LogP contribution in [-0.2, 0) is 14.8 Å². The second-order valence-corrected chi connectivity index (χ2v) is 8.11. The number of nitrogens with zero attached hydrogens (tertiary/aromatic N) is 1. The zero-order chi connectivity index (χ0) is 20.2. The average molecular weight is 389 g/mol. The lowest BCUT2D eigenvalue weighted by atomic mass is 10.1. The molecule has 0 aromatic heterocycles. The second-order valence-electron chi connectivity index (χ2n) is 6.25. The normalized spacial score (nSPS) is 12.3. The van der Waals surface area contributed by atoms with E-state index in [1.165, 1.54) is 12.1 Å². The van der Waals surface area contributed by atoms with Crippen LogP contribution in [0.5, 0.6) is 0 Å². The minimum absolute atomic E-state index is 0.284. The maximum Gasteiger partial charge on any atom is 0.248 e. The van der Waals surface area contributed by atoms with Crippen LogP contribution in [0.2, 0.25) is 0 Å². The Bertz CT molecular complexity index is 922. The van der Waals surface area contributed by atoms with Crippen LogP contribution in [0.25, 0.3) is 0 Å². The van der Waals surface area contributed by atoms with Gasteiger partial charge in [0.25, 0.3) is 0 Å². The third-order valence-electron chi connectivity index (χ3n) is 4.06. The topological polar surface area (TPSA) is 110 Å². The van der Waals surface area contributed by atoms with Crippen molar-refractivity contribution < 1.29 is 18.0 Å². The van der Waals surface area contributed by atoms with Crippen molar-refractivity contribution in [3.05, 3.63) is 59.7 Å². The van der Waals surface area contributed by atoms with Gasteiger partial charge in [-0.15, -0.1) is 0 Å². The van der Waals surface area contributed by atoms with E-state index in [2.05, 4.69) is 5.32 Å². The van der Waals surface area contributed by atoms with Gasteiger partial charge in [0.15, 0.2) is 0 Å². The number of amides is 2. The summed E-state index contributed by atoms with van der Waals surface area (Å²) in [6, 6.07) is 12.1. The zero-order valence-corrected chi connectivity index (χ0v) is 16.3. The molecule has 2 amide bonds. The van der Waals surface area contributed by atoms with Crippen molar-refractivity contribution in [1.29, 1.82) is 0 Å². The lowest BCUT2D eigenvalue weighted by molar-refractivity contribution is -0.117. The van der Waals surface area contributed by atoms with Gasteiger partial charge in [-0.25, -0.2) is 8.42 Å². The highest BCUT2D eigenvalue weighted by Gasteiger charge is 2.31. The van der Waals surface area contributed by atoms with Gasteiger partial charge < -0.3 is 11.1 Å². The van der Waals surface area contributed by atoms with Gasteiger partial charge in [-0.3, -0.25) is 13.9 Å². The fraction of sp³-hybridized carbons (Fsp3) is 0.263. The van der Waals surface area contributed by atoms with Gasteiger partial charge in [-0.05, 0) is 49.7 Å². The SMILES string of the molecule is CCC(C(=O)Nc1ccc(C(N)=O)cc1)N(c1ccc(C)cc1)S(C)(=O)=O. The number of sulfonamides is 1. The molecule has 2 aromatic carbocycles. The lowest BCUT2D eigenvalue weighted by Crippen LogP contribution is -2.47. The smallest absolute Gasteiger partial charge is 0.248 e. The molecule has 1 unspecified atom stereocenters. The van der Waals surface area contributed by atoms with Crippen molar-refractivity contribution in [2.45, 2.75) is 26.3 Å². The van der Waals surface area contributed by atoms with E-state index >= 15 is 0 Å². The lowest BCUT2D eigenvalue weighted by Gasteiger charge is -2.30. The molecule has 0 spiro atoms. The number of nitrogens with two attached hydrogens (primary N) is 1. The van der Waals surface area contributed by atoms with Crippen molar-refractivity contribution >= 4 is 33.2 Å². The molecule has 7 nitrogen and oxygen atoms in total. The molecule has 144 valence electrons. The molecule has 0 aliphatic heterocycles. The first-order valence-corrected chi connectivity index (χ1v) is 10.2. The molecule has 0 aliphatic rings. The van der Waals surface area contributed by atoms with Gasteiger partial charge in [0.1, 0.15) is 6.04 Å². The van der Waals surface area contributed by atoms with Crippen LogP contribution in [0.4, 0.5) is 11.4 Å². The van der Waals surface area contributed by atoms with Crippen LogP contribution in [0, 0.1) is 6.92 Å². The van der Waals surface area contributed by atoms with Crippen LogP contribution in [0.15, 0.2) is 48.5 Å². The first kappa shape index (κ1) is 20.4. The Hall–Kier alpha value is -2.87. The summed E-state index contributed by atoms with van der Waals surface area (Å²) in [6.07, 6.45) is 1.36. The predicted molar refractivity (Wildman–Crippen MR) is 106 cm³/mol. The summed E-state index contributed by atoms with van der Waals surface area (Å²) in [5.41, 5.74) is 7.37. The monoisotopic (exact) mass is 389 g/mol. The van der Waals surface area contributed by atoms with Crippen LogP contribution in [0.3, 0.4) is 0 Å². The Kier molecular flexibility index (Phi) is 6.22. The summed E-state index contributed by atoms with van der Waals surface area (Å²) in [5, 5.41) is 2.70. The third-order valence-corrected chi connectivity index (χ3v) is 5.24. The first-order valence-electron chi connectivity index (χ1n) is 8.40. The highest BCUT2D eigenvalue weighted by atomic mass is 32.2. The quantitative estimate of drug-likeness (QED) is 0.757. The number of anilines is 2. The fourth-order valence-corrected chi connectivity index (χ4v) is 3.91. The molecule has 0 aliphatic carbocycles. The number of rotatable bonds is 7. The Morgan fingerprint density at radius 2 is 1.63 bits per heavy atom. The molecule has 0 saturated carbocycles. The van der Waals surface area contributed by atoms with Gasteiger partial charge >= 0.3 is 0 Å². The van der Waals surface area contributed by atoms with E-state index in [1.54, 1.807) is 43.3 Å². The van der Waals surface area contributed by atoms with Crippen molar-refractivity contribution in [1.82, 2.24) is 0 Å². The van der Waals surface area contributed by atoms with Crippen LogP contribution >= 0.6 is 0 Å². The van der Waals surface area contributed by atoms with Crippen molar-refractivity contribution in [3.63, 3.8) is 0 Å². The summed E-state index contributed by atoms with van der Waals surface area (Å²) in [4.78, 5) is 23.9. The summed E-state index contributed by atoms with van der Waals surface area (Å²) in [5.74, 6) is -1.03. The molecule has 2 aromatic rings. The standard InChI is InChI=1S/C19H23N3O4S/c1-4-17(19(24)21-15-9-7-14(8-10-15)18(20)23)22(27(3,25)26)16-11-5-13(2)6-12-16/h5-12,17H,4H2,1-3H3,(H2,20,23)(H,21,24). The summed E-state index contributed by atoms with van der Waals surface area (Å²) in [6.45, 7) is 3.64. The number of nitrogens with one attached hydrogen (secondary N) is 1. The van der Waals surface area contributed by atoms with Crippen LogP contribution < -0.4 is 15.4 Å². The first-order chi connectivity index (χ1) is 12.6. The van der Waals surface area contributed by atoms with Gasteiger partial charge in [-0.1, -0.05) is 24.6 Å². The second kappa shape index (κ2) is 8.22. The molecule has 0 fully saturated rings. The van der Waals surface area contributed by atoms with Gasteiger partial charge in [0.2, 0.25) is 21.8 Å². The van der Waals surface area contributed by atoms with Crippen molar-refractivity contribution in [2.75, 3.05) is 15.9 Å². The Morgan fingerprint density at radius 1 is 1.07 bits per heavy atom. The van der Waals surface area contributed by atoms with E-state index in [9.17, 15) is 18.0 Å². The molecule has 3 N–H and O–H groups in total. The molecule has 0 heterocycles. The van der Waals surface area contributed by atoms with E-state index < -0.39 is 27.9 Å². The van der Waals surface area contributed by atoms with Crippen LogP contribution in [-0.4, -0.2) is 32.5 Å². The minimum atomic E-state index is -3.69. The van der Waals surface area contributed by atoms with E-state index in [1.807, 2.05) is 6.92 Å². The number of carbonyl (C=O) groups is 2. The summed E-state index contributed by atoms with van der Waals surface area (Å²) >= 11 is 0. The Balaban J connectivity index is 2.31. The predicted octanol–water partition coefficient (Wildman–Crippen LogP) is 2.28. The molecule has 8 heteroatoms. The summed E-state index contributed by atoms with van der Waals surface area (Å²) < 4.78 is 25.9. The average Bonchev–Trinajstić information content (AvgIpc) is 2.60. The minimum Gasteiger partial charge on any atom is -0.366 e. The number of carbonyl (C=O) groups excluding carboxylic acids is 2. The van der Waals surface area contributed by atoms with E-state index in [0.717, 1.165) is 16.1 Å². The molecule has 0 bridgehead atoms. The Labute approximate surface area is 159 Å². The maximum atomic E-state index is 12.8. The molecule has 0 radical (unpaired) electrons. The maximum absolute atomic E-state index is 12.8. The highest BCUT2D eigenvalue weighted by Crippen LogP contribution is 2.24. The van der Waals surface area contributed by atoms with E-state index in [4.69, 9.17) is 5.73 Å². The number of hydrogen-bond donors (Lipinski definition) is 2. The molecular formula is C19H23N3O4S. The number of hydrogen-bond acceptors (Lipinski definition) is 4. The molecular weight excluding hydrogens is 366 g/mol. The molecule has 1 atom stereocenters. The highest BCUT2D eigenvalue weighted by molar-refractivity contribution is 7.92. The van der Waals surface area contributed by atoms with Crippen molar-refractivity contribution in [3.8, 4) is 0 Å². The molecule has 2 rings (SSSR count). The number of primary amides is 1. The molecule has 0 saturated heterocycles.